The molecule has 4 rings (SSSR count). The third kappa shape index (κ3) is 4.33. The van der Waals surface area contributed by atoms with E-state index in [1.807, 2.05) is 6.92 Å². The van der Waals surface area contributed by atoms with Gasteiger partial charge in [0.05, 0.1) is 11.4 Å². The Morgan fingerprint density at radius 3 is 2.77 bits per heavy atom. The van der Waals surface area contributed by atoms with Gasteiger partial charge in [0, 0.05) is 32.4 Å². The maximum atomic E-state index is 13.2. The van der Waals surface area contributed by atoms with Crippen molar-refractivity contribution in [2.24, 2.45) is 7.05 Å². The number of hydrogen-bond donors (Lipinski definition) is 1. The van der Waals surface area contributed by atoms with Crippen LogP contribution in [0.15, 0.2) is 30.3 Å². The zero-order chi connectivity index (χ0) is 21.1. The molecule has 0 radical (unpaired) electrons. The highest BCUT2D eigenvalue weighted by Crippen LogP contribution is 2.18. The van der Waals surface area contributed by atoms with E-state index in [1.54, 1.807) is 29.9 Å². The lowest BCUT2D eigenvalue weighted by molar-refractivity contribution is 0.0692. The lowest BCUT2D eigenvalue weighted by Crippen LogP contribution is -2.39. The van der Waals surface area contributed by atoms with Gasteiger partial charge in [-0.15, -0.1) is 10.2 Å². The molecule has 0 bridgehead atoms. The molecule has 0 saturated carbocycles. The molecule has 30 heavy (non-hydrogen) atoms. The zero-order valence-electron chi connectivity index (χ0n) is 16.8. The highest BCUT2D eigenvalue weighted by atomic mass is 19.1. The summed E-state index contributed by atoms with van der Waals surface area (Å²) in [6.07, 6.45) is 1.60. The summed E-state index contributed by atoms with van der Waals surface area (Å²) in [5.74, 6) is -0.199. The molecular formula is C20H23FN6O3. The van der Waals surface area contributed by atoms with Crippen LogP contribution in [0.25, 0.3) is 5.69 Å². The second kappa shape index (κ2) is 8.62. The predicted molar refractivity (Wildman–Crippen MR) is 105 cm³/mol. The summed E-state index contributed by atoms with van der Waals surface area (Å²) in [6, 6.07) is 7.66. The van der Waals surface area contributed by atoms with Gasteiger partial charge in [-0.1, -0.05) is 5.21 Å². The van der Waals surface area contributed by atoms with Crippen molar-refractivity contribution in [1.82, 2.24) is 30.1 Å². The van der Waals surface area contributed by atoms with Crippen molar-refractivity contribution in [3.8, 4) is 11.6 Å². The van der Waals surface area contributed by atoms with E-state index < -0.39 is 0 Å². The molecule has 1 amide bonds. The van der Waals surface area contributed by atoms with Crippen LogP contribution in [0.2, 0.25) is 0 Å². The van der Waals surface area contributed by atoms with Gasteiger partial charge in [-0.25, -0.2) is 9.07 Å². The third-order valence-electron chi connectivity index (χ3n) is 5.03. The average molecular weight is 414 g/mol. The molecule has 1 aromatic carbocycles. The molecule has 1 N–H and O–H groups in total. The number of ether oxygens (including phenoxy) is 2. The lowest BCUT2D eigenvalue weighted by Gasteiger charge is -2.22. The van der Waals surface area contributed by atoms with Crippen LogP contribution in [0, 0.1) is 12.7 Å². The molecule has 0 unspecified atom stereocenters. The van der Waals surface area contributed by atoms with Gasteiger partial charge in [-0.2, -0.15) is 0 Å². The Kier molecular flexibility index (Phi) is 5.75. The first-order valence-corrected chi connectivity index (χ1v) is 9.74. The highest BCUT2D eigenvalue weighted by molar-refractivity contribution is 5.93. The fourth-order valence-electron chi connectivity index (χ4n) is 3.30. The minimum Gasteiger partial charge on any atom is -0.470 e. The van der Waals surface area contributed by atoms with Crippen molar-refractivity contribution < 1.29 is 18.7 Å². The summed E-state index contributed by atoms with van der Waals surface area (Å²) in [5.41, 5.74) is 2.49. The normalized spacial score (nSPS) is 14.6. The number of carbonyl (C=O) groups is 1. The third-order valence-corrected chi connectivity index (χ3v) is 5.03. The number of carbonyl (C=O) groups excluding carboxylic acids is 1. The number of nitrogens with zero attached hydrogens (tertiary/aromatic N) is 5. The number of halogens is 1. The SMILES string of the molecule is Cc1nnn(-c2ccc(F)cc2)c1COc1cc(C(=O)NC2CCOCC2)n(C)n1. The predicted octanol–water partition coefficient (Wildman–Crippen LogP) is 1.94. The number of rotatable bonds is 6. The van der Waals surface area contributed by atoms with E-state index in [9.17, 15) is 9.18 Å². The summed E-state index contributed by atoms with van der Waals surface area (Å²) in [4.78, 5) is 12.6. The van der Waals surface area contributed by atoms with Gasteiger partial charge in [-0.3, -0.25) is 9.48 Å². The van der Waals surface area contributed by atoms with Crippen LogP contribution in [0.4, 0.5) is 4.39 Å². The lowest BCUT2D eigenvalue weighted by atomic mass is 10.1. The Morgan fingerprint density at radius 2 is 2.03 bits per heavy atom. The summed E-state index contributed by atoms with van der Waals surface area (Å²) in [7, 11) is 1.70. The summed E-state index contributed by atoms with van der Waals surface area (Å²) >= 11 is 0. The Hall–Kier alpha value is -3.27. The molecule has 10 heteroatoms. The first-order chi connectivity index (χ1) is 14.5. The van der Waals surface area contributed by atoms with Gasteiger partial charge in [0.25, 0.3) is 5.91 Å². The number of aryl methyl sites for hydroxylation is 2. The van der Waals surface area contributed by atoms with Crippen molar-refractivity contribution in [2.75, 3.05) is 13.2 Å². The second-order valence-electron chi connectivity index (χ2n) is 7.15. The quantitative estimate of drug-likeness (QED) is 0.662. The standard InChI is InChI=1S/C20H23FN6O3/c1-13-18(27(25-23-13)16-5-3-14(21)4-6-16)12-30-19-11-17(26(2)24-19)20(28)22-15-7-9-29-10-8-15/h3-6,11,15H,7-10,12H2,1-2H3,(H,22,28). The van der Waals surface area contributed by atoms with Crippen LogP contribution in [0.3, 0.4) is 0 Å². The Balaban J connectivity index is 1.45. The topological polar surface area (TPSA) is 96.1 Å². The van der Waals surface area contributed by atoms with Crippen molar-refractivity contribution in [2.45, 2.75) is 32.4 Å². The molecule has 2 aromatic heterocycles. The van der Waals surface area contributed by atoms with E-state index in [2.05, 4.69) is 20.7 Å². The van der Waals surface area contributed by atoms with Crippen LogP contribution in [0.1, 0.15) is 34.7 Å². The number of aromatic nitrogens is 5. The molecular weight excluding hydrogens is 391 g/mol. The van der Waals surface area contributed by atoms with E-state index in [1.165, 1.54) is 16.8 Å². The van der Waals surface area contributed by atoms with E-state index >= 15 is 0 Å². The maximum absolute atomic E-state index is 13.2. The Bertz CT molecular complexity index is 1020. The van der Waals surface area contributed by atoms with Crippen LogP contribution in [-0.4, -0.2) is 49.9 Å². The van der Waals surface area contributed by atoms with Gasteiger partial charge >= 0.3 is 0 Å². The molecule has 9 nitrogen and oxygen atoms in total. The van der Waals surface area contributed by atoms with Crippen LogP contribution < -0.4 is 10.1 Å². The van der Waals surface area contributed by atoms with Crippen LogP contribution in [0.5, 0.6) is 5.88 Å². The molecule has 1 fully saturated rings. The molecule has 1 saturated heterocycles. The highest BCUT2D eigenvalue weighted by Gasteiger charge is 2.21. The van der Waals surface area contributed by atoms with Crippen molar-refractivity contribution in [3.63, 3.8) is 0 Å². The monoisotopic (exact) mass is 414 g/mol. The van der Waals surface area contributed by atoms with Crippen molar-refractivity contribution in [1.29, 1.82) is 0 Å². The fraction of sp³-hybridized carbons (Fsp3) is 0.400. The summed E-state index contributed by atoms with van der Waals surface area (Å²) < 4.78 is 27.4. The molecule has 0 atom stereocenters. The number of amides is 1. The minimum absolute atomic E-state index is 0.101. The van der Waals surface area contributed by atoms with Crippen molar-refractivity contribution >= 4 is 5.91 Å². The molecule has 3 heterocycles. The molecule has 0 aliphatic carbocycles. The van der Waals surface area contributed by atoms with E-state index in [-0.39, 0.29) is 24.4 Å². The number of hydrogen-bond acceptors (Lipinski definition) is 6. The fourth-order valence-corrected chi connectivity index (χ4v) is 3.30. The van der Waals surface area contributed by atoms with Gasteiger partial charge in [-0.05, 0) is 44.0 Å². The summed E-state index contributed by atoms with van der Waals surface area (Å²) in [5, 5.41) is 15.5. The van der Waals surface area contributed by atoms with Crippen molar-refractivity contribution in [3.05, 3.63) is 53.2 Å². The number of benzene rings is 1. The zero-order valence-corrected chi connectivity index (χ0v) is 16.8. The maximum Gasteiger partial charge on any atom is 0.269 e. The van der Waals surface area contributed by atoms with E-state index in [4.69, 9.17) is 9.47 Å². The van der Waals surface area contributed by atoms with Crippen LogP contribution >= 0.6 is 0 Å². The smallest absolute Gasteiger partial charge is 0.269 e. The van der Waals surface area contributed by atoms with E-state index in [0.717, 1.165) is 12.8 Å². The first kappa shape index (κ1) is 20.0. The molecule has 158 valence electrons. The van der Waals surface area contributed by atoms with Crippen LogP contribution in [-0.2, 0) is 18.4 Å². The average Bonchev–Trinajstić information content (AvgIpc) is 3.30. The molecule has 1 aliphatic rings. The first-order valence-electron chi connectivity index (χ1n) is 9.74. The largest absolute Gasteiger partial charge is 0.470 e. The number of nitrogens with one attached hydrogen (secondary N) is 1. The van der Waals surface area contributed by atoms with E-state index in [0.29, 0.717) is 41.9 Å². The minimum atomic E-state index is -0.326. The van der Waals surface area contributed by atoms with Gasteiger partial charge < -0.3 is 14.8 Å². The van der Waals surface area contributed by atoms with Gasteiger partial charge in [0.1, 0.15) is 23.8 Å². The second-order valence-corrected chi connectivity index (χ2v) is 7.15. The Morgan fingerprint density at radius 1 is 1.30 bits per heavy atom. The van der Waals surface area contributed by atoms with Gasteiger partial charge in [0.15, 0.2) is 0 Å². The molecule has 0 spiro atoms. The molecule has 3 aromatic rings. The van der Waals surface area contributed by atoms with Gasteiger partial charge in [0.2, 0.25) is 5.88 Å². The Labute approximate surface area is 172 Å². The summed E-state index contributed by atoms with van der Waals surface area (Å²) in [6.45, 7) is 3.27. The molecule has 1 aliphatic heterocycles.